The fourth-order valence-electron chi connectivity index (χ4n) is 2.23. The Morgan fingerprint density at radius 2 is 2.10 bits per heavy atom. The van der Waals surface area contributed by atoms with Crippen LogP contribution in [-0.2, 0) is 0 Å². The van der Waals surface area contributed by atoms with E-state index in [1.165, 1.54) is 18.4 Å². The average molecular weight is 289 g/mol. The number of methoxy groups -OCH3 is 1. The molecule has 2 rings (SSSR count). The largest absolute Gasteiger partial charge is 0.493 e. The van der Waals surface area contributed by atoms with Crippen molar-refractivity contribution in [3.63, 3.8) is 0 Å². The molecule has 0 aromatic heterocycles. The Bertz CT molecular complexity index is 490. The molecular formula is C18H27NO2. The van der Waals surface area contributed by atoms with Crippen LogP contribution in [0.3, 0.4) is 0 Å². The maximum absolute atomic E-state index is 5.56. The molecule has 0 heterocycles. The second-order valence-electron chi connectivity index (χ2n) is 5.87. The van der Waals surface area contributed by atoms with E-state index in [-0.39, 0.29) is 0 Å². The second kappa shape index (κ2) is 7.51. The molecule has 0 saturated heterocycles. The maximum Gasteiger partial charge on any atom is 0.161 e. The molecule has 1 N–H and O–H groups in total. The summed E-state index contributed by atoms with van der Waals surface area (Å²) in [6, 6.07) is 6.86. The third-order valence-corrected chi connectivity index (χ3v) is 3.75. The van der Waals surface area contributed by atoms with Gasteiger partial charge in [0.2, 0.25) is 0 Å². The Kier molecular flexibility index (Phi) is 5.68. The number of nitrogens with one attached hydrogen (secondary N) is 1. The Morgan fingerprint density at radius 1 is 1.33 bits per heavy atom. The van der Waals surface area contributed by atoms with E-state index in [4.69, 9.17) is 9.47 Å². The molecule has 0 aliphatic heterocycles. The highest BCUT2D eigenvalue weighted by Gasteiger charge is 2.20. The highest BCUT2D eigenvalue weighted by molar-refractivity contribution is 5.58. The van der Waals surface area contributed by atoms with Crippen LogP contribution < -0.4 is 14.8 Å². The molecule has 1 aromatic rings. The second-order valence-corrected chi connectivity index (χ2v) is 5.87. The van der Waals surface area contributed by atoms with Crippen LogP contribution in [0.1, 0.15) is 39.2 Å². The van der Waals surface area contributed by atoms with Crippen LogP contribution in [0.5, 0.6) is 11.5 Å². The predicted molar refractivity (Wildman–Crippen MR) is 88.0 cm³/mol. The molecule has 1 saturated carbocycles. The van der Waals surface area contributed by atoms with Crippen molar-refractivity contribution >= 4 is 6.08 Å². The number of hydrogen-bond acceptors (Lipinski definition) is 3. The summed E-state index contributed by atoms with van der Waals surface area (Å²) in [7, 11) is 1.68. The van der Waals surface area contributed by atoms with Crippen molar-refractivity contribution < 1.29 is 9.47 Å². The van der Waals surface area contributed by atoms with Crippen molar-refractivity contribution in [2.24, 2.45) is 5.92 Å². The van der Waals surface area contributed by atoms with Gasteiger partial charge in [-0.15, -0.1) is 0 Å². The molecule has 0 unspecified atom stereocenters. The first-order valence-electron chi connectivity index (χ1n) is 7.88. The Balaban J connectivity index is 2.14. The van der Waals surface area contributed by atoms with E-state index in [0.717, 1.165) is 29.6 Å². The molecule has 0 amide bonds. The standard InChI is InChI=1S/C18H27NO2/c1-5-21-17-9-6-14(11-18(17)20-4)10-15(13(2)3)12-19-16-7-8-16/h6,9-11,13,16,19H,5,7-8,12H2,1-4H3. The normalized spacial score (nSPS) is 15.4. The number of benzene rings is 1. The minimum absolute atomic E-state index is 0.536. The van der Waals surface area contributed by atoms with Crippen LogP contribution in [-0.4, -0.2) is 26.3 Å². The van der Waals surface area contributed by atoms with Gasteiger partial charge in [-0.05, 0) is 43.4 Å². The van der Waals surface area contributed by atoms with Crippen LogP contribution >= 0.6 is 0 Å². The van der Waals surface area contributed by atoms with Crippen molar-refractivity contribution in [2.45, 2.75) is 39.7 Å². The van der Waals surface area contributed by atoms with Crippen LogP contribution in [0.15, 0.2) is 23.8 Å². The van der Waals surface area contributed by atoms with Crippen molar-refractivity contribution in [1.29, 1.82) is 0 Å². The van der Waals surface area contributed by atoms with Gasteiger partial charge in [0.25, 0.3) is 0 Å². The van der Waals surface area contributed by atoms with E-state index >= 15 is 0 Å². The Hall–Kier alpha value is -1.48. The van der Waals surface area contributed by atoms with E-state index in [1.807, 2.05) is 19.1 Å². The van der Waals surface area contributed by atoms with E-state index < -0.39 is 0 Å². The smallest absolute Gasteiger partial charge is 0.161 e. The van der Waals surface area contributed by atoms with Crippen LogP contribution in [0, 0.1) is 5.92 Å². The summed E-state index contributed by atoms with van der Waals surface area (Å²) in [6.45, 7) is 8.08. The van der Waals surface area contributed by atoms with Gasteiger partial charge in [-0.1, -0.05) is 31.6 Å². The van der Waals surface area contributed by atoms with Crippen molar-refractivity contribution in [1.82, 2.24) is 5.32 Å². The van der Waals surface area contributed by atoms with Gasteiger partial charge >= 0.3 is 0 Å². The highest BCUT2D eigenvalue weighted by atomic mass is 16.5. The summed E-state index contributed by atoms with van der Waals surface area (Å²) >= 11 is 0. The highest BCUT2D eigenvalue weighted by Crippen LogP contribution is 2.29. The molecule has 1 fully saturated rings. The first-order valence-corrected chi connectivity index (χ1v) is 7.88. The van der Waals surface area contributed by atoms with Gasteiger partial charge in [0.05, 0.1) is 13.7 Å². The molecule has 1 aliphatic rings. The zero-order chi connectivity index (χ0) is 15.2. The first-order chi connectivity index (χ1) is 10.1. The van der Waals surface area contributed by atoms with Crippen LogP contribution in [0.25, 0.3) is 6.08 Å². The van der Waals surface area contributed by atoms with E-state index in [9.17, 15) is 0 Å². The third kappa shape index (κ3) is 4.78. The molecule has 3 heteroatoms. The Morgan fingerprint density at radius 3 is 2.67 bits per heavy atom. The first kappa shape index (κ1) is 15.9. The van der Waals surface area contributed by atoms with Crippen molar-refractivity contribution in [3.05, 3.63) is 29.3 Å². The maximum atomic E-state index is 5.56. The zero-order valence-corrected chi connectivity index (χ0v) is 13.6. The van der Waals surface area contributed by atoms with E-state index in [2.05, 4.69) is 31.3 Å². The number of ether oxygens (including phenoxy) is 2. The zero-order valence-electron chi connectivity index (χ0n) is 13.6. The lowest BCUT2D eigenvalue weighted by Gasteiger charge is -2.14. The lowest BCUT2D eigenvalue weighted by molar-refractivity contribution is 0.311. The molecule has 3 nitrogen and oxygen atoms in total. The molecule has 0 spiro atoms. The molecule has 1 aliphatic carbocycles. The monoisotopic (exact) mass is 289 g/mol. The third-order valence-electron chi connectivity index (χ3n) is 3.75. The fraction of sp³-hybridized carbons (Fsp3) is 0.556. The topological polar surface area (TPSA) is 30.5 Å². The summed E-state index contributed by atoms with van der Waals surface area (Å²) in [5.74, 6) is 2.14. The minimum atomic E-state index is 0.536. The van der Waals surface area contributed by atoms with Crippen molar-refractivity contribution in [3.8, 4) is 11.5 Å². The molecular weight excluding hydrogens is 262 g/mol. The van der Waals surface area contributed by atoms with E-state index in [0.29, 0.717) is 12.5 Å². The number of hydrogen-bond donors (Lipinski definition) is 1. The summed E-state index contributed by atoms with van der Waals surface area (Å²) in [5.41, 5.74) is 2.59. The van der Waals surface area contributed by atoms with Crippen LogP contribution in [0.4, 0.5) is 0 Å². The minimum Gasteiger partial charge on any atom is -0.493 e. The van der Waals surface area contributed by atoms with Crippen molar-refractivity contribution in [2.75, 3.05) is 20.3 Å². The quantitative estimate of drug-likeness (QED) is 0.787. The molecule has 1 aromatic carbocycles. The van der Waals surface area contributed by atoms with Gasteiger partial charge in [0.15, 0.2) is 11.5 Å². The van der Waals surface area contributed by atoms with Crippen LogP contribution in [0.2, 0.25) is 0 Å². The SMILES string of the molecule is CCOc1ccc(C=C(CNC2CC2)C(C)C)cc1OC. The van der Waals surface area contributed by atoms with Gasteiger partial charge in [-0.25, -0.2) is 0 Å². The predicted octanol–water partition coefficient (Wildman–Crippen LogP) is 3.89. The van der Waals surface area contributed by atoms with E-state index in [1.54, 1.807) is 7.11 Å². The summed E-state index contributed by atoms with van der Waals surface area (Å²) < 4.78 is 11.0. The molecule has 0 atom stereocenters. The van der Waals surface area contributed by atoms with Gasteiger partial charge in [0, 0.05) is 12.6 Å². The summed E-state index contributed by atoms with van der Waals surface area (Å²) in [5, 5.41) is 3.59. The lowest BCUT2D eigenvalue weighted by Crippen LogP contribution is -2.21. The van der Waals surface area contributed by atoms with Gasteiger partial charge in [-0.3, -0.25) is 0 Å². The molecule has 116 valence electrons. The van der Waals surface area contributed by atoms with Gasteiger partial charge < -0.3 is 14.8 Å². The Labute approximate surface area is 128 Å². The summed E-state index contributed by atoms with van der Waals surface area (Å²) in [6.07, 6.45) is 4.91. The molecule has 0 bridgehead atoms. The van der Waals surface area contributed by atoms with Gasteiger partial charge in [-0.2, -0.15) is 0 Å². The lowest BCUT2D eigenvalue weighted by atomic mass is 10.00. The molecule has 0 radical (unpaired) electrons. The number of rotatable bonds is 8. The average Bonchev–Trinajstić information content (AvgIpc) is 3.28. The molecule has 21 heavy (non-hydrogen) atoms. The fourth-order valence-corrected chi connectivity index (χ4v) is 2.23. The summed E-state index contributed by atoms with van der Waals surface area (Å²) in [4.78, 5) is 0. The van der Waals surface area contributed by atoms with Gasteiger partial charge in [0.1, 0.15) is 0 Å².